The van der Waals surface area contributed by atoms with E-state index in [1.807, 2.05) is 0 Å². The molecular weight excluding hydrogens is 212 g/mol. The molecule has 0 aromatic heterocycles. The van der Waals surface area contributed by atoms with Gasteiger partial charge in [0.2, 0.25) is 0 Å². The Hall–Kier alpha value is -1.06. The standard InChI is InChI=1S/C14H24N2O/c1-3-15-12-13-8-5-6-9-14(13)16(4-2)10-7-11-17/h5-6,8-9,15,17H,3-4,7,10-12H2,1-2H3. The van der Waals surface area contributed by atoms with Crippen LogP contribution in [0.25, 0.3) is 0 Å². The first-order chi connectivity index (χ1) is 8.33. The SMILES string of the molecule is CCNCc1ccccc1N(CC)CCCO. The summed E-state index contributed by atoms with van der Waals surface area (Å²) in [5.74, 6) is 0. The molecule has 17 heavy (non-hydrogen) atoms. The molecule has 1 rings (SSSR count). The number of anilines is 1. The Kier molecular flexibility index (Phi) is 6.67. The third kappa shape index (κ3) is 4.36. The molecule has 0 saturated carbocycles. The second-order valence-corrected chi connectivity index (χ2v) is 4.07. The molecule has 96 valence electrons. The van der Waals surface area contributed by atoms with Crippen molar-refractivity contribution in [3.63, 3.8) is 0 Å². The van der Waals surface area contributed by atoms with Crippen LogP contribution in [-0.4, -0.2) is 31.3 Å². The molecule has 0 bridgehead atoms. The quantitative estimate of drug-likeness (QED) is 0.725. The van der Waals surface area contributed by atoms with E-state index in [-0.39, 0.29) is 6.61 Å². The Morgan fingerprint density at radius 1 is 1.24 bits per heavy atom. The minimum atomic E-state index is 0.256. The van der Waals surface area contributed by atoms with E-state index in [0.717, 1.165) is 32.6 Å². The smallest absolute Gasteiger partial charge is 0.0447 e. The van der Waals surface area contributed by atoms with Gasteiger partial charge in [-0.05, 0) is 31.5 Å². The highest BCUT2D eigenvalue weighted by Crippen LogP contribution is 2.20. The summed E-state index contributed by atoms with van der Waals surface area (Å²) in [6, 6.07) is 8.48. The molecule has 0 atom stereocenters. The second kappa shape index (κ2) is 8.09. The minimum Gasteiger partial charge on any atom is -0.396 e. The zero-order chi connectivity index (χ0) is 12.5. The van der Waals surface area contributed by atoms with Crippen molar-refractivity contribution in [2.24, 2.45) is 0 Å². The van der Waals surface area contributed by atoms with E-state index in [2.05, 4.69) is 48.3 Å². The first-order valence-corrected chi connectivity index (χ1v) is 6.47. The first-order valence-electron chi connectivity index (χ1n) is 6.47. The highest BCUT2D eigenvalue weighted by Gasteiger charge is 2.08. The Bertz CT molecular complexity index is 315. The van der Waals surface area contributed by atoms with Gasteiger partial charge in [-0.2, -0.15) is 0 Å². The van der Waals surface area contributed by atoms with Crippen molar-refractivity contribution in [2.75, 3.05) is 31.1 Å². The molecule has 1 aromatic rings. The molecule has 1 aromatic carbocycles. The molecule has 0 amide bonds. The van der Waals surface area contributed by atoms with E-state index in [1.165, 1.54) is 11.3 Å². The molecule has 2 N–H and O–H groups in total. The molecule has 3 heteroatoms. The second-order valence-electron chi connectivity index (χ2n) is 4.07. The average molecular weight is 236 g/mol. The highest BCUT2D eigenvalue weighted by molar-refractivity contribution is 5.53. The van der Waals surface area contributed by atoms with Crippen molar-refractivity contribution in [3.05, 3.63) is 29.8 Å². The van der Waals surface area contributed by atoms with Crippen molar-refractivity contribution < 1.29 is 5.11 Å². The van der Waals surface area contributed by atoms with Gasteiger partial charge in [0.25, 0.3) is 0 Å². The van der Waals surface area contributed by atoms with E-state index in [1.54, 1.807) is 0 Å². The molecule has 0 heterocycles. The van der Waals surface area contributed by atoms with Gasteiger partial charge >= 0.3 is 0 Å². The van der Waals surface area contributed by atoms with E-state index in [0.29, 0.717) is 0 Å². The Balaban J connectivity index is 2.77. The van der Waals surface area contributed by atoms with Crippen LogP contribution in [0, 0.1) is 0 Å². The fourth-order valence-corrected chi connectivity index (χ4v) is 1.94. The minimum absolute atomic E-state index is 0.256. The Morgan fingerprint density at radius 3 is 2.65 bits per heavy atom. The van der Waals surface area contributed by atoms with Crippen LogP contribution < -0.4 is 10.2 Å². The van der Waals surface area contributed by atoms with Crippen molar-refractivity contribution in [2.45, 2.75) is 26.8 Å². The third-order valence-electron chi connectivity index (χ3n) is 2.87. The van der Waals surface area contributed by atoms with Crippen LogP contribution in [0.4, 0.5) is 5.69 Å². The molecular formula is C14H24N2O. The van der Waals surface area contributed by atoms with E-state index >= 15 is 0 Å². The molecule has 0 aliphatic carbocycles. The largest absolute Gasteiger partial charge is 0.396 e. The van der Waals surface area contributed by atoms with Gasteiger partial charge in [0.15, 0.2) is 0 Å². The number of rotatable bonds is 8. The van der Waals surface area contributed by atoms with E-state index < -0.39 is 0 Å². The fraction of sp³-hybridized carbons (Fsp3) is 0.571. The van der Waals surface area contributed by atoms with Crippen molar-refractivity contribution in [3.8, 4) is 0 Å². The molecule has 0 fully saturated rings. The maximum atomic E-state index is 8.93. The predicted molar refractivity (Wildman–Crippen MR) is 73.4 cm³/mol. The number of aliphatic hydroxyl groups excluding tert-OH is 1. The van der Waals surface area contributed by atoms with Gasteiger partial charge in [-0.1, -0.05) is 25.1 Å². The fourth-order valence-electron chi connectivity index (χ4n) is 1.94. The number of nitrogens with zero attached hydrogens (tertiary/aromatic N) is 1. The normalized spacial score (nSPS) is 10.5. The van der Waals surface area contributed by atoms with E-state index in [4.69, 9.17) is 5.11 Å². The van der Waals surface area contributed by atoms with Crippen molar-refractivity contribution >= 4 is 5.69 Å². The van der Waals surface area contributed by atoms with Crippen LogP contribution in [0.3, 0.4) is 0 Å². The van der Waals surface area contributed by atoms with Crippen LogP contribution >= 0.6 is 0 Å². The summed E-state index contributed by atoms with van der Waals surface area (Å²) in [7, 11) is 0. The van der Waals surface area contributed by atoms with Gasteiger partial charge in [-0.3, -0.25) is 0 Å². The summed E-state index contributed by atoms with van der Waals surface area (Å²) in [4.78, 5) is 2.32. The Morgan fingerprint density at radius 2 is 2.00 bits per heavy atom. The van der Waals surface area contributed by atoms with Gasteiger partial charge in [0.1, 0.15) is 0 Å². The highest BCUT2D eigenvalue weighted by atomic mass is 16.3. The number of hydrogen-bond acceptors (Lipinski definition) is 3. The summed E-state index contributed by atoms with van der Waals surface area (Å²) >= 11 is 0. The monoisotopic (exact) mass is 236 g/mol. The van der Waals surface area contributed by atoms with Crippen LogP contribution in [0.5, 0.6) is 0 Å². The van der Waals surface area contributed by atoms with Crippen molar-refractivity contribution in [1.29, 1.82) is 0 Å². The maximum Gasteiger partial charge on any atom is 0.0447 e. The lowest BCUT2D eigenvalue weighted by Gasteiger charge is -2.25. The predicted octanol–water partition coefficient (Wildman–Crippen LogP) is 2.00. The number of aliphatic hydroxyl groups is 1. The zero-order valence-electron chi connectivity index (χ0n) is 10.9. The third-order valence-corrected chi connectivity index (χ3v) is 2.87. The summed E-state index contributed by atoms with van der Waals surface area (Å²) in [6.07, 6.45) is 0.823. The molecule has 0 aliphatic heterocycles. The molecule has 3 nitrogen and oxygen atoms in total. The van der Waals surface area contributed by atoms with E-state index in [9.17, 15) is 0 Å². The van der Waals surface area contributed by atoms with Gasteiger partial charge in [0.05, 0.1) is 0 Å². The number of hydrogen-bond donors (Lipinski definition) is 2. The molecule has 0 radical (unpaired) electrons. The number of benzene rings is 1. The summed E-state index contributed by atoms with van der Waals surface area (Å²) < 4.78 is 0. The first kappa shape index (κ1) is 14.0. The van der Waals surface area contributed by atoms with Crippen LogP contribution in [0.2, 0.25) is 0 Å². The van der Waals surface area contributed by atoms with Gasteiger partial charge < -0.3 is 15.3 Å². The van der Waals surface area contributed by atoms with Crippen LogP contribution in [0.1, 0.15) is 25.8 Å². The van der Waals surface area contributed by atoms with Crippen molar-refractivity contribution in [1.82, 2.24) is 5.32 Å². The summed E-state index contributed by atoms with van der Waals surface area (Å²) in [5, 5.41) is 12.3. The number of para-hydroxylation sites is 1. The lowest BCUT2D eigenvalue weighted by Crippen LogP contribution is -2.26. The van der Waals surface area contributed by atoms with Gasteiger partial charge in [-0.15, -0.1) is 0 Å². The lowest BCUT2D eigenvalue weighted by atomic mass is 10.1. The molecule has 0 aliphatic rings. The van der Waals surface area contributed by atoms with Gasteiger partial charge in [0, 0.05) is 31.9 Å². The molecule has 0 spiro atoms. The van der Waals surface area contributed by atoms with Crippen LogP contribution in [-0.2, 0) is 6.54 Å². The molecule has 0 saturated heterocycles. The average Bonchev–Trinajstić information content (AvgIpc) is 2.38. The zero-order valence-corrected chi connectivity index (χ0v) is 10.9. The Labute approximate surface area is 104 Å². The summed E-state index contributed by atoms with van der Waals surface area (Å²) in [5.41, 5.74) is 2.61. The van der Waals surface area contributed by atoms with Crippen LogP contribution in [0.15, 0.2) is 24.3 Å². The molecule has 0 unspecified atom stereocenters. The maximum absolute atomic E-state index is 8.93. The topological polar surface area (TPSA) is 35.5 Å². The number of nitrogens with one attached hydrogen (secondary N) is 1. The lowest BCUT2D eigenvalue weighted by molar-refractivity contribution is 0.289. The summed E-state index contributed by atoms with van der Waals surface area (Å²) in [6.45, 7) is 8.30. The van der Waals surface area contributed by atoms with Gasteiger partial charge in [-0.25, -0.2) is 0 Å².